The Labute approximate surface area is 62.7 Å². The van der Waals surface area contributed by atoms with E-state index in [1.54, 1.807) is 0 Å². The molecule has 0 atom stereocenters. The van der Waals surface area contributed by atoms with E-state index in [2.05, 4.69) is 39.2 Å². The van der Waals surface area contributed by atoms with Crippen LogP contribution >= 0.6 is 11.8 Å². The number of allylic oxidation sites excluding steroid dienone is 1. The maximum Gasteiger partial charge on any atom is 0.00227 e. The van der Waals surface area contributed by atoms with Crippen LogP contribution in [0.5, 0.6) is 0 Å². The molecule has 1 heteroatoms. The van der Waals surface area contributed by atoms with Gasteiger partial charge in [-0.2, -0.15) is 0 Å². The van der Waals surface area contributed by atoms with Gasteiger partial charge in [0.25, 0.3) is 0 Å². The highest BCUT2D eigenvalue weighted by Gasteiger charge is 2.07. The lowest BCUT2D eigenvalue weighted by atomic mass is 10.0. The largest absolute Gasteiger partial charge is 0.134 e. The summed E-state index contributed by atoms with van der Waals surface area (Å²) in [5.74, 6) is 1.21. The van der Waals surface area contributed by atoms with E-state index in [1.807, 2.05) is 11.8 Å². The molecular weight excluding hydrogens is 128 g/mol. The van der Waals surface area contributed by atoms with Crippen LogP contribution in [0.1, 0.15) is 27.7 Å². The zero-order valence-corrected chi connectivity index (χ0v) is 7.59. The monoisotopic (exact) mass is 144 g/mol. The van der Waals surface area contributed by atoms with E-state index in [4.69, 9.17) is 0 Å². The molecule has 0 amide bonds. The van der Waals surface area contributed by atoms with Crippen LogP contribution in [0.3, 0.4) is 0 Å². The van der Waals surface area contributed by atoms with Crippen LogP contribution in [-0.4, -0.2) is 5.75 Å². The van der Waals surface area contributed by atoms with Gasteiger partial charge in [-0.1, -0.05) is 26.8 Å². The quantitative estimate of drug-likeness (QED) is 0.573. The molecule has 0 rings (SSSR count). The Kier molecular flexibility index (Phi) is 4.03. The molecule has 0 saturated carbocycles. The molecule has 0 unspecified atom stereocenters. The molecule has 0 spiro atoms. The third-order valence-electron chi connectivity index (χ3n) is 0.749. The van der Waals surface area contributed by atoms with Crippen molar-refractivity contribution in [3.05, 3.63) is 11.5 Å². The Bertz CT molecular complexity index is 87.2. The summed E-state index contributed by atoms with van der Waals surface area (Å²) in [7, 11) is 0. The Morgan fingerprint density at radius 2 is 1.89 bits per heavy atom. The Morgan fingerprint density at radius 1 is 1.33 bits per heavy atom. The summed E-state index contributed by atoms with van der Waals surface area (Å²) in [5.41, 5.74) is 0.462. The minimum Gasteiger partial charge on any atom is -0.134 e. The zero-order valence-electron chi connectivity index (χ0n) is 6.77. The van der Waals surface area contributed by atoms with Gasteiger partial charge in [0.05, 0.1) is 0 Å². The van der Waals surface area contributed by atoms with Gasteiger partial charge in [0.2, 0.25) is 0 Å². The molecule has 0 aliphatic heterocycles. The molecule has 0 N–H and O–H groups in total. The molecule has 0 aromatic carbocycles. The third-order valence-corrected chi connectivity index (χ3v) is 2.25. The fourth-order valence-corrected chi connectivity index (χ4v) is 1.18. The first-order valence-corrected chi connectivity index (χ1v) is 4.34. The summed E-state index contributed by atoms with van der Waals surface area (Å²) in [4.78, 5) is 0. The maximum absolute atomic E-state index is 2.25. The van der Waals surface area contributed by atoms with Crippen LogP contribution in [0, 0.1) is 5.41 Å². The standard InChI is InChI=1S/C8H16S/c1-5-6-9-7-8(2,3)4/h5-6H,7H2,1-4H3/b6-5-. The maximum atomic E-state index is 2.25. The number of hydrogen-bond acceptors (Lipinski definition) is 1. The van der Waals surface area contributed by atoms with Crippen molar-refractivity contribution in [2.24, 2.45) is 5.41 Å². The van der Waals surface area contributed by atoms with Gasteiger partial charge in [-0.3, -0.25) is 0 Å². The molecule has 0 radical (unpaired) electrons. The molecule has 0 fully saturated rings. The second-order valence-electron chi connectivity index (χ2n) is 3.34. The van der Waals surface area contributed by atoms with Gasteiger partial charge < -0.3 is 0 Å². The minimum absolute atomic E-state index is 0.462. The van der Waals surface area contributed by atoms with Crippen molar-refractivity contribution in [3.8, 4) is 0 Å². The van der Waals surface area contributed by atoms with Crippen molar-refractivity contribution in [2.75, 3.05) is 5.75 Å². The third kappa shape index (κ3) is 8.09. The van der Waals surface area contributed by atoms with Crippen LogP contribution in [0.25, 0.3) is 0 Å². The summed E-state index contributed by atoms with van der Waals surface area (Å²) in [6, 6.07) is 0. The average Bonchev–Trinajstić information content (AvgIpc) is 1.63. The average molecular weight is 144 g/mol. The topological polar surface area (TPSA) is 0 Å². The first-order chi connectivity index (χ1) is 4.06. The van der Waals surface area contributed by atoms with Gasteiger partial charge in [0, 0.05) is 5.75 Å². The number of rotatable bonds is 2. The SMILES string of the molecule is C/C=C\SCC(C)(C)C. The lowest BCUT2D eigenvalue weighted by Crippen LogP contribution is -2.07. The predicted molar refractivity (Wildman–Crippen MR) is 46.7 cm³/mol. The molecule has 0 heterocycles. The lowest BCUT2D eigenvalue weighted by Gasteiger charge is -2.15. The number of thioether (sulfide) groups is 1. The van der Waals surface area contributed by atoms with Gasteiger partial charge in [0.1, 0.15) is 0 Å². The van der Waals surface area contributed by atoms with Gasteiger partial charge >= 0.3 is 0 Å². The van der Waals surface area contributed by atoms with E-state index in [0.29, 0.717) is 5.41 Å². The van der Waals surface area contributed by atoms with E-state index >= 15 is 0 Å². The van der Waals surface area contributed by atoms with Gasteiger partial charge in [-0.05, 0) is 17.7 Å². The van der Waals surface area contributed by atoms with Crippen LogP contribution in [0.15, 0.2) is 11.5 Å². The van der Waals surface area contributed by atoms with E-state index in [-0.39, 0.29) is 0 Å². The van der Waals surface area contributed by atoms with Gasteiger partial charge in [-0.15, -0.1) is 11.8 Å². The zero-order chi connectivity index (χ0) is 7.33. The summed E-state index contributed by atoms with van der Waals surface area (Å²) in [6.07, 6.45) is 2.08. The molecule has 0 bridgehead atoms. The molecule has 54 valence electrons. The summed E-state index contributed by atoms with van der Waals surface area (Å²) in [5, 5.41) is 2.14. The van der Waals surface area contributed by atoms with Crippen molar-refractivity contribution in [3.63, 3.8) is 0 Å². The number of hydrogen-bond donors (Lipinski definition) is 0. The Morgan fingerprint density at radius 3 is 2.22 bits per heavy atom. The molecule has 0 saturated heterocycles. The van der Waals surface area contributed by atoms with E-state index in [9.17, 15) is 0 Å². The molecule has 0 aliphatic rings. The van der Waals surface area contributed by atoms with Gasteiger partial charge in [-0.25, -0.2) is 0 Å². The lowest BCUT2D eigenvalue weighted by molar-refractivity contribution is 0.481. The van der Waals surface area contributed by atoms with Crippen LogP contribution < -0.4 is 0 Å². The molecule has 0 nitrogen and oxygen atoms in total. The van der Waals surface area contributed by atoms with Crippen LogP contribution in [0.4, 0.5) is 0 Å². The molecule has 0 aliphatic carbocycles. The highest BCUT2D eigenvalue weighted by atomic mass is 32.2. The van der Waals surface area contributed by atoms with Crippen molar-refractivity contribution in [1.82, 2.24) is 0 Å². The van der Waals surface area contributed by atoms with E-state index in [0.717, 1.165) is 0 Å². The Hall–Kier alpha value is 0.0900. The summed E-state index contributed by atoms with van der Waals surface area (Å²) < 4.78 is 0. The Balaban J connectivity index is 3.28. The van der Waals surface area contributed by atoms with E-state index < -0.39 is 0 Å². The first kappa shape index (κ1) is 9.09. The smallest absolute Gasteiger partial charge is 0.00227 e. The molecule has 0 aromatic heterocycles. The summed E-state index contributed by atoms with van der Waals surface area (Å²) >= 11 is 1.88. The molecular formula is C8H16S. The fourth-order valence-electron chi connectivity index (χ4n) is 0.394. The fraction of sp³-hybridized carbons (Fsp3) is 0.750. The van der Waals surface area contributed by atoms with Crippen LogP contribution in [-0.2, 0) is 0 Å². The van der Waals surface area contributed by atoms with Crippen molar-refractivity contribution < 1.29 is 0 Å². The normalized spacial score (nSPS) is 12.9. The second kappa shape index (κ2) is 3.99. The van der Waals surface area contributed by atoms with Crippen molar-refractivity contribution in [1.29, 1.82) is 0 Å². The van der Waals surface area contributed by atoms with Crippen molar-refractivity contribution >= 4 is 11.8 Å². The highest BCUT2D eigenvalue weighted by Crippen LogP contribution is 2.20. The van der Waals surface area contributed by atoms with Gasteiger partial charge in [0.15, 0.2) is 0 Å². The second-order valence-corrected chi connectivity index (χ2v) is 4.24. The molecule has 9 heavy (non-hydrogen) atoms. The predicted octanol–water partition coefficient (Wildman–Crippen LogP) is 3.30. The first-order valence-electron chi connectivity index (χ1n) is 3.29. The van der Waals surface area contributed by atoms with E-state index in [1.165, 1.54) is 5.75 Å². The molecule has 0 aromatic rings. The highest BCUT2D eigenvalue weighted by molar-refractivity contribution is 8.02. The van der Waals surface area contributed by atoms with Crippen LogP contribution in [0.2, 0.25) is 0 Å². The summed E-state index contributed by atoms with van der Waals surface area (Å²) in [6.45, 7) is 8.81. The minimum atomic E-state index is 0.462. The van der Waals surface area contributed by atoms with Crippen molar-refractivity contribution in [2.45, 2.75) is 27.7 Å².